The van der Waals surface area contributed by atoms with Crippen molar-refractivity contribution in [3.05, 3.63) is 53.6 Å². The largest absolute Gasteiger partial charge is 0.507 e. The molecule has 0 radical (unpaired) electrons. The van der Waals surface area contributed by atoms with Gasteiger partial charge in [0.2, 0.25) is 0 Å². The first-order chi connectivity index (χ1) is 10.1. The number of anilines is 1. The van der Waals surface area contributed by atoms with Crippen LogP contribution in [-0.4, -0.2) is 22.7 Å². The molecule has 4 heteroatoms. The summed E-state index contributed by atoms with van der Waals surface area (Å²) in [5.74, 6) is -0.437. The lowest BCUT2D eigenvalue weighted by Gasteiger charge is -2.33. The van der Waals surface area contributed by atoms with Crippen LogP contribution in [0, 0.1) is 5.92 Å². The van der Waals surface area contributed by atoms with Crippen LogP contribution in [0.3, 0.4) is 0 Å². The highest BCUT2D eigenvalue weighted by molar-refractivity contribution is 6.10. The summed E-state index contributed by atoms with van der Waals surface area (Å²) < 4.78 is 0. The van der Waals surface area contributed by atoms with E-state index >= 15 is 0 Å². The van der Waals surface area contributed by atoms with E-state index in [1.54, 1.807) is 4.90 Å². The molecule has 0 aliphatic carbocycles. The average molecular weight is 283 g/mol. The molecule has 3 rings (SSSR count). The number of para-hydroxylation sites is 1. The number of amides is 1. The zero-order valence-corrected chi connectivity index (χ0v) is 11.8. The zero-order chi connectivity index (χ0) is 15.0. The molecular formula is C17H17NO3. The summed E-state index contributed by atoms with van der Waals surface area (Å²) in [6, 6.07) is 12.1. The molecule has 0 fully saturated rings. The quantitative estimate of drug-likeness (QED) is 0.846. The molecule has 0 bridgehead atoms. The van der Waals surface area contributed by atoms with Crippen LogP contribution in [0.15, 0.2) is 42.5 Å². The van der Waals surface area contributed by atoms with Gasteiger partial charge in [0.15, 0.2) is 0 Å². The third-order valence-electron chi connectivity index (χ3n) is 3.82. The number of rotatable bonds is 1. The van der Waals surface area contributed by atoms with Gasteiger partial charge in [-0.3, -0.25) is 4.79 Å². The Bertz CT molecular complexity index is 676. The first-order valence-corrected chi connectivity index (χ1v) is 6.98. The van der Waals surface area contributed by atoms with Crippen molar-refractivity contribution in [2.45, 2.75) is 13.3 Å². The minimum atomic E-state index is -0.371. The maximum absolute atomic E-state index is 12.8. The van der Waals surface area contributed by atoms with Gasteiger partial charge in [0.1, 0.15) is 17.1 Å². The van der Waals surface area contributed by atoms with E-state index < -0.39 is 0 Å². The fourth-order valence-electron chi connectivity index (χ4n) is 2.87. The number of phenolic OH excluding ortho intramolecular Hbond substituents is 2. The number of hydrogen-bond donors (Lipinski definition) is 2. The second-order valence-corrected chi connectivity index (χ2v) is 5.53. The first kappa shape index (κ1) is 13.5. The minimum Gasteiger partial charge on any atom is -0.507 e. The van der Waals surface area contributed by atoms with Crippen LogP contribution in [0.1, 0.15) is 22.8 Å². The molecule has 0 saturated carbocycles. The number of hydrogen-bond acceptors (Lipinski definition) is 3. The van der Waals surface area contributed by atoms with Crippen LogP contribution in [0.2, 0.25) is 0 Å². The second-order valence-electron chi connectivity index (χ2n) is 5.53. The number of nitrogens with zero attached hydrogens (tertiary/aromatic N) is 1. The first-order valence-electron chi connectivity index (χ1n) is 6.98. The van der Waals surface area contributed by atoms with Gasteiger partial charge >= 0.3 is 0 Å². The summed E-state index contributed by atoms with van der Waals surface area (Å²) in [7, 11) is 0. The van der Waals surface area contributed by atoms with E-state index in [0.717, 1.165) is 17.7 Å². The lowest BCUT2D eigenvalue weighted by molar-refractivity contribution is 0.0975. The molecule has 1 aliphatic rings. The predicted molar refractivity (Wildman–Crippen MR) is 80.8 cm³/mol. The van der Waals surface area contributed by atoms with Crippen molar-refractivity contribution in [1.29, 1.82) is 0 Å². The van der Waals surface area contributed by atoms with Crippen molar-refractivity contribution in [3.63, 3.8) is 0 Å². The Morgan fingerprint density at radius 3 is 2.48 bits per heavy atom. The predicted octanol–water partition coefficient (Wildman–Crippen LogP) is 2.94. The van der Waals surface area contributed by atoms with Crippen molar-refractivity contribution in [1.82, 2.24) is 0 Å². The third-order valence-corrected chi connectivity index (χ3v) is 3.82. The molecule has 2 aromatic carbocycles. The minimum absolute atomic E-state index is 0.0404. The molecule has 108 valence electrons. The van der Waals surface area contributed by atoms with E-state index in [-0.39, 0.29) is 23.0 Å². The SMILES string of the molecule is CC1Cc2ccccc2N(C(=O)c2c(O)cccc2O)C1. The summed E-state index contributed by atoms with van der Waals surface area (Å²) in [5.41, 5.74) is 1.92. The average Bonchev–Trinajstić information content (AvgIpc) is 2.46. The van der Waals surface area contributed by atoms with E-state index in [0.29, 0.717) is 12.5 Å². The Kier molecular flexibility index (Phi) is 3.29. The second kappa shape index (κ2) is 5.13. The summed E-state index contributed by atoms with van der Waals surface area (Å²) in [4.78, 5) is 14.4. The molecule has 1 atom stereocenters. The molecule has 1 unspecified atom stereocenters. The van der Waals surface area contributed by atoms with Crippen LogP contribution in [0.5, 0.6) is 11.5 Å². The molecular weight excluding hydrogens is 266 g/mol. The van der Waals surface area contributed by atoms with Gasteiger partial charge in [0, 0.05) is 12.2 Å². The van der Waals surface area contributed by atoms with Crippen LogP contribution in [0.4, 0.5) is 5.69 Å². The summed E-state index contributed by atoms with van der Waals surface area (Å²) in [6.07, 6.45) is 0.923. The molecule has 2 aromatic rings. The number of carbonyl (C=O) groups is 1. The Balaban J connectivity index is 2.06. The lowest BCUT2D eigenvalue weighted by atomic mass is 9.93. The number of aromatic hydroxyl groups is 2. The van der Waals surface area contributed by atoms with Gasteiger partial charge in [-0.25, -0.2) is 0 Å². The molecule has 0 spiro atoms. The number of phenols is 2. The fourth-order valence-corrected chi connectivity index (χ4v) is 2.87. The number of carbonyl (C=O) groups excluding carboxylic acids is 1. The Labute approximate surface area is 123 Å². The molecule has 1 amide bonds. The van der Waals surface area contributed by atoms with Gasteiger partial charge in [-0.2, -0.15) is 0 Å². The highest BCUT2D eigenvalue weighted by Crippen LogP contribution is 2.34. The molecule has 2 N–H and O–H groups in total. The Hall–Kier alpha value is -2.49. The molecule has 0 aromatic heterocycles. The van der Waals surface area contributed by atoms with Gasteiger partial charge < -0.3 is 15.1 Å². The van der Waals surface area contributed by atoms with Gasteiger partial charge in [0.25, 0.3) is 5.91 Å². The maximum Gasteiger partial charge on any atom is 0.265 e. The standard InChI is InChI=1S/C17H17NO3/c1-11-9-12-5-2-3-6-13(12)18(10-11)17(21)16-14(19)7-4-8-15(16)20/h2-8,11,19-20H,9-10H2,1H3. The van der Waals surface area contributed by atoms with E-state index in [2.05, 4.69) is 6.92 Å². The Morgan fingerprint density at radius 1 is 1.10 bits per heavy atom. The van der Waals surface area contributed by atoms with Crippen LogP contribution < -0.4 is 4.90 Å². The summed E-state index contributed by atoms with van der Waals surface area (Å²) in [5, 5.41) is 19.8. The lowest BCUT2D eigenvalue weighted by Crippen LogP contribution is -2.39. The van der Waals surface area contributed by atoms with E-state index in [4.69, 9.17) is 0 Å². The molecule has 21 heavy (non-hydrogen) atoms. The van der Waals surface area contributed by atoms with E-state index in [1.807, 2.05) is 24.3 Å². The van der Waals surface area contributed by atoms with Gasteiger partial charge in [-0.1, -0.05) is 31.2 Å². The summed E-state index contributed by atoms with van der Waals surface area (Å²) in [6.45, 7) is 2.66. The van der Waals surface area contributed by atoms with Crippen molar-refractivity contribution >= 4 is 11.6 Å². The van der Waals surface area contributed by atoms with Gasteiger partial charge in [-0.15, -0.1) is 0 Å². The molecule has 1 aliphatic heterocycles. The van der Waals surface area contributed by atoms with Crippen LogP contribution in [-0.2, 0) is 6.42 Å². The van der Waals surface area contributed by atoms with Crippen molar-refractivity contribution < 1.29 is 15.0 Å². The smallest absolute Gasteiger partial charge is 0.265 e. The number of benzene rings is 2. The third kappa shape index (κ3) is 2.33. The van der Waals surface area contributed by atoms with Crippen molar-refractivity contribution in [2.24, 2.45) is 5.92 Å². The van der Waals surface area contributed by atoms with Crippen molar-refractivity contribution in [3.8, 4) is 11.5 Å². The monoisotopic (exact) mass is 283 g/mol. The summed E-state index contributed by atoms with van der Waals surface area (Å²) >= 11 is 0. The highest BCUT2D eigenvalue weighted by Gasteiger charge is 2.29. The van der Waals surface area contributed by atoms with Crippen LogP contribution >= 0.6 is 0 Å². The molecule has 1 heterocycles. The van der Waals surface area contributed by atoms with Crippen LogP contribution in [0.25, 0.3) is 0 Å². The van der Waals surface area contributed by atoms with Gasteiger partial charge in [-0.05, 0) is 36.1 Å². The molecule has 0 saturated heterocycles. The molecule has 4 nitrogen and oxygen atoms in total. The number of fused-ring (bicyclic) bond motifs is 1. The maximum atomic E-state index is 12.8. The van der Waals surface area contributed by atoms with E-state index in [1.165, 1.54) is 18.2 Å². The highest BCUT2D eigenvalue weighted by atomic mass is 16.3. The van der Waals surface area contributed by atoms with E-state index in [9.17, 15) is 15.0 Å². The zero-order valence-electron chi connectivity index (χ0n) is 11.8. The Morgan fingerprint density at radius 2 is 1.76 bits per heavy atom. The fraction of sp³-hybridized carbons (Fsp3) is 0.235. The van der Waals surface area contributed by atoms with Crippen molar-refractivity contribution in [2.75, 3.05) is 11.4 Å². The topological polar surface area (TPSA) is 60.8 Å². The van der Waals surface area contributed by atoms with Gasteiger partial charge in [0.05, 0.1) is 0 Å². The normalized spacial score (nSPS) is 17.4.